The minimum Gasteiger partial charge on any atom is -0.352 e. The van der Waals surface area contributed by atoms with Crippen molar-refractivity contribution in [3.8, 4) is 0 Å². The average molecular weight is 204 g/mol. The number of carbonyl (C=O) groups excluding carboxylic acids is 1. The van der Waals surface area contributed by atoms with E-state index in [9.17, 15) is 4.79 Å². The highest BCUT2D eigenvalue weighted by molar-refractivity contribution is 5.78. The first-order valence-electron chi connectivity index (χ1n) is 5.33. The van der Waals surface area contributed by atoms with E-state index in [1.807, 2.05) is 18.2 Å². The van der Waals surface area contributed by atoms with Crippen LogP contribution < -0.4 is 11.1 Å². The van der Waals surface area contributed by atoms with Gasteiger partial charge >= 0.3 is 0 Å². The van der Waals surface area contributed by atoms with Crippen molar-refractivity contribution in [1.82, 2.24) is 5.32 Å². The van der Waals surface area contributed by atoms with Crippen molar-refractivity contribution in [2.45, 2.75) is 18.9 Å². The number of carbonyl (C=O) groups is 1. The Labute approximate surface area is 89.7 Å². The second-order valence-corrected chi connectivity index (χ2v) is 4.06. The number of hydrogen-bond donors (Lipinski definition) is 2. The normalized spacial score (nSPS) is 23.5. The molecule has 0 aliphatic heterocycles. The fourth-order valence-corrected chi connectivity index (χ4v) is 1.83. The molecule has 0 spiro atoms. The van der Waals surface area contributed by atoms with Crippen LogP contribution in [-0.4, -0.2) is 18.5 Å². The molecule has 1 saturated carbocycles. The molecule has 1 amide bonds. The van der Waals surface area contributed by atoms with E-state index in [1.54, 1.807) is 0 Å². The van der Waals surface area contributed by atoms with Crippen LogP contribution in [0.5, 0.6) is 0 Å². The summed E-state index contributed by atoms with van der Waals surface area (Å²) in [4.78, 5) is 11.0. The first-order chi connectivity index (χ1) is 7.29. The molecule has 15 heavy (non-hydrogen) atoms. The maximum absolute atomic E-state index is 11.0. The highest BCUT2D eigenvalue weighted by atomic mass is 16.1. The van der Waals surface area contributed by atoms with E-state index in [4.69, 9.17) is 5.73 Å². The predicted molar refractivity (Wildman–Crippen MR) is 59.2 cm³/mol. The van der Waals surface area contributed by atoms with E-state index in [0.29, 0.717) is 12.0 Å². The fourth-order valence-electron chi connectivity index (χ4n) is 1.83. The highest BCUT2D eigenvalue weighted by Gasteiger charge is 2.37. The Morgan fingerprint density at radius 3 is 2.80 bits per heavy atom. The Morgan fingerprint density at radius 2 is 2.13 bits per heavy atom. The summed E-state index contributed by atoms with van der Waals surface area (Å²) < 4.78 is 0. The lowest BCUT2D eigenvalue weighted by molar-refractivity contribution is -0.119. The number of nitrogens with one attached hydrogen (secondary N) is 1. The van der Waals surface area contributed by atoms with E-state index < -0.39 is 0 Å². The van der Waals surface area contributed by atoms with Gasteiger partial charge in [0.15, 0.2) is 0 Å². The van der Waals surface area contributed by atoms with Gasteiger partial charge in [-0.25, -0.2) is 0 Å². The van der Waals surface area contributed by atoms with Gasteiger partial charge in [-0.05, 0) is 24.3 Å². The van der Waals surface area contributed by atoms with Crippen LogP contribution in [0, 0.1) is 5.92 Å². The lowest BCUT2D eigenvalue weighted by Crippen LogP contribution is -2.32. The van der Waals surface area contributed by atoms with Gasteiger partial charge in [0, 0.05) is 6.04 Å². The molecule has 1 aliphatic carbocycles. The summed E-state index contributed by atoms with van der Waals surface area (Å²) in [7, 11) is 0. The largest absolute Gasteiger partial charge is 0.352 e. The first kappa shape index (κ1) is 10.2. The summed E-state index contributed by atoms with van der Waals surface area (Å²) in [6.07, 6.45) is 2.14. The summed E-state index contributed by atoms with van der Waals surface area (Å²) >= 11 is 0. The molecule has 2 unspecified atom stereocenters. The second-order valence-electron chi connectivity index (χ2n) is 4.06. The molecule has 0 aromatic heterocycles. The van der Waals surface area contributed by atoms with E-state index in [2.05, 4.69) is 17.4 Å². The first-order valence-corrected chi connectivity index (χ1v) is 5.33. The zero-order chi connectivity index (χ0) is 10.7. The maximum atomic E-state index is 11.0. The van der Waals surface area contributed by atoms with E-state index in [-0.39, 0.29) is 12.5 Å². The van der Waals surface area contributed by atoms with E-state index in [1.165, 1.54) is 5.56 Å². The molecule has 0 radical (unpaired) electrons. The summed E-state index contributed by atoms with van der Waals surface area (Å²) in [5.41, 5.74) is 6.57. The number of nitrogens with two attached hydrogens (primary N) is 1. The molecule has 3 heteroatoms. The van der Waals surface area contributed by atoms with Crippen LogP contribution in [0.4, 0.5) is 0 Å². The van der Waals surface area contributed by atoms with Gasteiger partial charge in [-0.3, -0.25) is 4.79 Å². The molecule has 3 N–H and O–H groups in total. The molecule has 0 heterocycles. The van der Waals surface area contributed by atoms with Gasteiger partial charge in [0.2, 0.25) is 5.91 Å². The molecule has 2 atom stereocenters. The van der Waals surface area contributed by atoms with Gasteiger partial charge in [-0.15, -0.1) is 0 Å². The van der Waals surface area contributed by atoms with Crippen molar-refractivity contribution in [3.05, 3.63) is 35.9 Å². The van der Waals surface area contributed by atoms with Gasteiger partial charge in [0.05, 0.1) is 6.54 Å². The standard InChI is InChI=1S/C12H16N2O/c13-8-12(15)14-11-7-10(11)6-9-4-2-1-3-5-9/h1-5,10-11H,6-8,13H2,(H,14,15). The predicted octanol–water partition coefficient (Wildman–Crippen LogP) is 0.692. The number of amides is 1. The van der Waals surface area contributed by atoms with Gasteiger partial charge in [0.25, 0.3) is 0 Å². The van der Waals surface area contributed by atoms with E-state index in [0.717, 1.165) is 12.8 Å². The Kier molecular flexibility index (Phi) is 3.02. The van der Waals surface area contributed by atoms with Gasteiger partial charge in [-0.2, -0.15) is 0 Å². The Hall–Kier alpha value is -1.35. The van der Waals surface area contributed by atoms with Crippen LogP contribution in [0.3, 0.4) is 0 Å². The lowest BCUT2D eigenvalue weighted by Gasteiger charge is -2.02. The fraction of sp³-hybridized carbons (Fsp3) is 0.417. The molecule has 0 saturated heterocycles. The smallest absolute Gasteiger partial charge is 0.233 e. The third-order valence-electron chi connectivity index (χ3n) is 2.80. The third-order valence-corrected chi connectivity index (χ3v) is 2.80. The number of benzene rings is 1. The van der Waals surface area contributed by atoms with Crippen molar-refractivity contribution in [2.24, 2.45) is 11.7 Å². The van der Waals surface area contributed by atoms with Gasteiger partial charge < -0.3 is 11.1 Å². The van der Waals surface area contributed by atoms with Crippen molar-refractivity contribution in [2.75, 3.05) is 6.54 Å². The van der Waals surface area contributed by atoms with Crippen LogP contribution in [0.15, 0.2) is 30.3 Å². The number of rotatable bonds is 4. The molecule has 2 rings (SSSR count). The minimum absolute atomic E-state index is 0.0458. The molecule has 1 aromatic rings. The topological polar surface area (TPSA) is 55.1 Å². The minimum atomic E-state index is -0.0458. The van der Waals surface area contributed by atoms with Crippen molar-refractivity contribution in [3.63, 3.8) is 0 Å². The van der Waals surface area contributed by atoms with Crippen LogP contribution in [0.2, 0.25) is 0 Å². The molecular formula is C12H16N2O. The van der Waals surface area contributed by atoms with Gasteiger partial charge in [-0.1, -0.05) is 30.3 Å². The Bertz CT molecular complexity index is 337. The lowest BCUT2D eigenvalue weighted by atomic mass is 10.1. The highest BCUT2D eigenvalue weighted by Crippen LogP contribution is 2.33. The van der Waals surface area contributed by atoms with Crippen molar-refractivity contribution in [1.29, 1.82) is 0 Å². The van der Waals surface area contributed by atoms with Crippen LogP contribution in [-0.2, 0) is 11.2 Å². The summed E-state index contributed by atoms with van der Waals surface area (Å²) in [6, 6.07) is 10.7. The average Bonchev–Trinajstić information content (AvgIpc) is 2.97. The van der Waals surface area contributed by atoms with Crippen molar-refractivity contribution >= 4 is 5.91 Å². The van der Waals surface area contributed by atoms with Crippen LogP contribution in [0.1, 0.15) is 12.0 Å². The second kappa shape index (κ2) is 4.45. The molecule has 1 aromatic carbocycles. The van der Waals surface area contributed by atoms with Crippen LogP contribution in [0.25, 0.3) is 0 Å². The zero-order valence-electron chi connectivity index (χ0n) is 8.65. The Morgan fingerprint density at radius 1 is 1.40 bits per heavy atom. The molecular weight excluding hydrogens is 188 g/mol. The molecule has 1 aliphatic rings. The maximum Gasteiger partial charge on any atom is 0.233 e. The summed E-state index contributed by atoms with van der Waals surface area (Å²) in [5.74, 6) is 0.554. The summed E-state index contributed by atoms with van der Waals surface area (Å²) in [5, 5.41) is 2.91. The zero-order valence-corrected chi connectivity index (χ0v) is 8.65. The van der Waals surface area contributed by atoms with Crippen molar-refractivity contribution < 1.29 is 4.79 Å². The van der Waals surface area contributed by atoms with Crippen LogP contribution >= 0.6 is 0 Å². The molecule has 1 fully saturated rings. The summed E-state index contributed by atoms with van der Waals surface area (Å²) in [6.45, 7) is 0.0918. The molecule has 3 nitrogen and oxygen atoms in total. The molecule has 80 valence electrons. The third kappa shape index (κ3) is 2.80. The van der Waals surface area contributed by atoms with E-state index >= 15 is 0 Å². The monoisotopic (exact) mass is 204 g/mol. The Balaban J connectivity index is 1.78. The van der Waals surface area contributed by atoms with Gasteiger partial charge in [0.1, 0.15) is 0 Å². The quantitative estimate of drug-likeness (QED) is 0.758. The molecule has 0 bridgehead atoms. The SMILES string of the molecule is NCC(=O)NC1CC1Cc1ccccc1. The number of hydrogen-bond acceptors (Lipinski definition) is 2.